The molecule has 0 radical (unpaired) electrons. The van der Waals surface area contributed by atoms with E-state index in [2.05, 4.69) is 21.6 Å². The lowest BCUT2D eigenvalue weighted by Crippen LogP contribution is -2.48. The molecule has 0 unspecified atom stereocenters. The molecule has 0 aromatic rings. The first-order valence-electron chi connectivity index (χ1n) is 13.6. The largest absolute Gasteiger partial charge is 0.343 e. The fourth-order valence-electron chi connectivity index (χ4n) is 5.89. The van der Waals surface area contributed by atoms with Crippen LogP contribution in [0.25, 0.3) is 0 Å². The van der Waals surface area contributed by atoms with E-state index in [9.17, 15) is 4.79 Å². The molecule has 0 spiro atoms. The number of carbonyl (C=O) groups excluding carboxylic acids is 1. The SMILES string of the molecule is C=C(CCN1CCN(BC2CCCCCCC2)CC1)NC(=O)BC1CCCCCCC1. The average molecular weight is 427 g/mol. The summed E-state index contributed by atoms with van der Waals surface area (Å²) in [5.74, 6) is 1.71. The zero-order valence-corrected chi connectivity index (χ0v) is 20.2. The molecule has 1 saturated heterocycles. The van der Waals surface area contributed by atoms with Gasteiger partial charge in [0.2, 0.25) is 14.7 Å². The maximum Gasteiger partial charge on any atom is 0.237 e. The third-order valence-corrected chi connectivity index (χ3v) is 7.95. The van der Waals surface area contributed by atoms with E-state index in [0.29, 0.717) is 13.1 Å². The fourth-order valence-corrected chi connectivity index (χ4v) is 5.89. The van der Waals surface area contributed by atoms with E-state index in [1.54, 1.807) is 0 Å². The summed E-state index contributed by atoms with van der Waals surface area (Å²) in [6.45, 7) is 9.91. The summed E-state index contributed by atoms with van der Waals surface area (Å²) in [5, 5.41) is 3.11. The Morgan fingerprint density at radius 3 is 1.87 bits per heavy atom. The van der Waals surface area contributed by atoms with Gasteiger partial charge >= 0.3 is 0 Å². The van der Waals surface area contributed by atoms with Crippen molar-refractivity contribution in [2.45, 2.75) is 108 Å². The van der Waals surface area contributed by atoms with E-state index < -0.39 is 0 Å². The van der Waals surface area contributed by atoms with Gasteiger partial charge in [-0.25, -0.2) is 0 Å². The molecular weight excluding hydrogens is 380 g/mol. The first-order chi connectivity index (χ1) is 15.2. The van der Waals surface area contributed by atoms with Crippen molar-refractivity contribution in [2.24, 2.45) is 0 Å². The van der Waals surface area contributed by atoms with Gasteiger partial charge in [-0.05, 0) is 19.5 Å². The third-order valence-electron chi connectivity index (χ3n) is 7.95. The summed E-state index contributed by atoms with van der Waals surface area (Å²) in [7, 11) is 2.01. The van der Waals surface area contributed by atoms with E-state index in [1.165, 1.54) is 110 Å². The van der Waals surface area contributed by atoms with Crippen LogP contribution in [0, 0.1) is 0 Å². The zero-order valence-electron chi connectivity index (χ0n) is 20.2. The minimum Gasteiger partial charge on any atom is -0.343 e. The highest BCUT2D eigenvalue weighted by Gasteiger charge is 2.22. The Balaban J connectivity index is 1.26. The number of rotatable bonds is 8. The van der Waals surface area contributed by atoms with Crippen LogP contribution in [-0.2, 0) is 0 Å². The predicted octanol–water partition coefficient (Wildman–Crippen LogP) is 5.07. The summed E-state index contributed by atoms with van der Waals surface area (Å²) < 4.78 is 0. The first-order valence-corrected chi connectivity index (χ1v) is 13.6. The van der Waals surface area contributed by atoms with Gasteiger partial charge in [-0.2, -0.15) is 0 Å². The lowest BCUT2D eigenvalue weighted by atomic mass is 9.59. The molecule has 3 rings (SSSR count). The average Bonchev–Trinajstić information content (AvgIpc) is 2.71. The topological polar surface area (TPSA) is 35.6 Å². The molecule has 174 valence electrons. The molecule has 1 N–H and O–H groups in total. The monoisotopic (exact) mass is 427 g/mol. The van der Waals surface area contributed by atoms with Crippen LogP contribution < -0.4 is 5.32 Å². The van der Waals surface area contributed by atoms with Crippen molar-refractivity contribution in [1.29, 1.82) is 0 Å². The summed E-state index contributed by atoms with van der Waals surface area (Å²) in [6, 6.07) is 0. The van der Waals surface area contributed by atoms with Gasteiger partial charge in [0.05, 0.1) is 0 Å². The molecule has 0 atom stereocenters. The molecule has 3 aliphatic rings. The van der Waals surface area contributed by atoms with Gasteiger partial charge in [0.1, 0.15) is 0 Å². The van der Waals surface area contributed by atoms with Gasteiger partial charge in [-0.15, -0.1) is 0 Å². The smallest absolute Gasteiger partial charge is 0.237 e. The minimum absolute atomic E-state index is 0.194. The van der Waals surface area contributed by atoms with Gasteiger partial charge in [0, 0.05) is 25.3 Å². The lowest BCUT2D eigenvalue weighted by molar-refractivity contribution is 0.188. The molecule has 3 fully saturated rings. The molecule has 2 saturated carbocycles. The van der Waals surface area contributed by atoms with Crippen LogP contribution in [-0.4, -0.2) is 62.9 Å². The summed E-state index contributed by atoms with van der Waals surface area (Å²) in [4.78, 5) is 17.7. The summed E-state index contributed by atoms with van der Waals surface area (Å²) in [6.07, 6.45) is 20.1. The Labute approximate surface area is 193 Å². The van der Waals surface area contributed by atoms with E-state index in [-0.39, 0.29) is 5.81 Å². The first kappa shape index (κ1) is 24.9. The molecule has 0 aromatic carbocycles. The molecular formula is C25H47B2N3O. The van der Waals surface area contributed by atoms with Crippen LogP contribution in [0.5, 0.6) is 0 Å². The van der Waals surface area contributed by atoms with Gasteiger partial charge in [-0.3, -0.25) is 4.79 Å². The molecule has 1 aliphatic heterocycles. The van der Waals surface area contributed by atoms with Crippen LogP contribution >= 0.6 is 0 Å². The quantitative estimate of drug-likeness (QED) is 0.550. The number of hydrogen-bond donors (Lipinski definition) is 1. The van der Waals surface area contributed by atoms with Crippen molar-refractivity contribution in [2.75, 3.05) is 32.7 Å². The van der Waals surface area contributed by atoms with Gasteiger partial charge in [0.25, 0.3) is 0 Å². The Kier molecular flexibility index (Phi) is 11.6. The van der Waals surface area contributed by atoms with Crippen LogP contribution in [0.3, 0.4) is 0 Å². The Morgan fingerprint density at radius 1 is 0.774 bits per heavy atom. The Bertz CT molecular complexity index is 521. The lowest BCUT2D eigenvalue weighted by Gasteiger charge is -2.36. The molecule has 0 aromatic heterocycles. The van der Waals surface area contributed by atoms with Crippen LogP contribution in [0.1, 0.15) is 96.3 Å². The minimum atomic E-state index is 0.194. The predicted molar refractivity (Wildman–Crippen MR) is 137 cm³/mol. The van der Waals surface area contributed by atoms with Crippen molar-refractivity contribution in [3.05, 3.63) is 12.3 Å². The van der Waals surface area contributed by atoms with Crippen LogP contribution in [0.4, 0.5) is 4.79 Å². The highest BCUT2D eigenvalue weighted by molar-refractivity contribution is 6.74. The summed E-state index contributed by atoms with van der Waals surface area (Å²) >= 11 is 0. The van der Waals surface area contributed by atoms with Crippen molar-refractivity contribution < 1.29 is 4.79 Å². The Morgan fingerprint density at radius 2 is 1.29 bits per heavy atom. The van der Waals surface area contributed by atoms with Crippen molar-refractivity contribution in [1.82, 2.24) is 15.0 Å². The van der Waals surface area contributed by atoms with Crippen molar-refractivity contribution in [3.63, 3.8) is 0 Å². The van der Waals surface area contributed by atoms with E-state index >= 15 is 0 Å². The number of hydrogen-bond acceptors (Lipinski definition) is 3. The second kappa shape index (κ2) is 14.4. The maximum absolute atomic E-state index is 12.5. The zero-order chi connectivity index (χ0) is 21.7. The molecule has 2 aliphatic carbocycles. The number of nitrogens with one attached hydrogen (secondary N) is 1. The van der Waals surface area contributed by atoms with Gasteiger partial charge in [-0.1, -0.05) is 108 Å². The summed E-state index contributed by atoms with van der Waals surface area (Å²) in [5.41, 5.74) is 0.910. The fraction of sp³-hybridized carbons (Fsp3) is 0.880. The molecule has 6 heteroatoms. The molecule has 31 heavy (non-hydrogen) atoms. The van der Waals surface area contributed by atoms with E-state index in [0.717, 1.165) is 37.6 Å². The van der Waals surface area contributed by atoms with Crippen molar-refractivity contribution in [3.8, 4) is 0 Å². The number of amides is 1. The highest BCUT2D eigenvalue weighted by Crippen LogP contribution is 2.27. The number of nitrogens with zero attached hydrogens (tertiary/aromatic N) is 2. The Hall–Kier alpha value is -0.740. The van der Waals surface area contributed by atoms with Crippen LogP contribution in [0.15, 0.2) is 12.3 Å². The third kappa shape index (κ3) is 10.2. The molecule has 0 bridgehead atoms. The highest BCUT2D eigenvalue weighted by atomic mass is 16.1. The number of piperazine rings is 1. The molecule has 4 nitrogen and oxygen atoms in total. The standard InChI is InChI=1S/C25H47B2N3O/c1-22(28-25(31)26-23-12-8-4-2-5-9-13-23)16-17-29-18-20-30(21-19-29)27-24-14-10-6-3-7-11-15-24/h23-24,26-27H,1-21H2,(H,28,31). The maximum atomic E-state index is 12.5. The van der Waals surface area contributed by atoms with E-state index in [4.69, 9.17) is 0 Å². The van der Waals surface area contributed by atoms with Gasteiger partial charge < -0.3 is 15.0 Å². The second-order valence-electron chi connectivity index (χ2n) is 10.7. The van der Waals surface area contributed by atoms with E-state index in [1.807, 2.05) is 0 Å². The van der Waals surface area contributed by atoms with Crippen LogP contribution in [0.2, 0.25) is 11.6 Å². The molecule has 1 heterocycles. The normalized spacial score (nSPS) is 23.7. The molecule has 1 amide bonds. The number of carbonyl (C=O) groups is 1. The second-order valence-corrected chi connectivity index (χ2v) is 10.7. The van der Waals surface area contributed by atoms with Gasteiger partial charge in [0.15, 0.2) is 5.81 Å². The van der Waals surface area contributed by atoms with Crippen molar-refractivity contribution >= 4 is 20.5 Å².